The van der Waals surface area contributed by atoms with E-state index in [1.54, 1.807) is 7.11 Å². The summed E-state index contributed by atoms with van der Waals surface area (Å²) in [6, 6.07) is 12.3. The van der Waals surface area contributed by atoms with Gasteiger partial charge in [0, 0.05) is 11.3 Å². The Labute approximate surface area is 112 Å². The Balaban J connectivity index is 2.32. The predicted octanol–water partition coefficient (Wildman–Crippen LogP) is 3.63. The molecule has 0 aliphatic rings. The maximum Gasteiger partial charge on any atom is 0.137 e. The van der Waals surface area contributed by atoms with Crippen LogP contribution in [0.2, 0.25) is 0 Å². The zero-order chi connectivity index (χ0) is 13.4. The molecule has 0 N–H and O–H groups in total. The number of imidazole rings is 1. The van der Waals surface area contributed by atoms with Crippen LogP contribution >= 0.6 is 0 Å². The van der Waals surface area contributed by atoms with Crippen molar-refractivity contribution in [2.24, 2.45) is 0 Å². The molecule has 0 unspecified atom stereocenters. The first-order valence-corrected chi connectivity index (χ1v) is 6.29. The van der Waals surface area contributed by atoms with Gasteiger partial charge in [-0.3, -0.25) is 4.40 Å². The Morgan fingerprint density at radius 1 is 1.11 bits per heavy atom. The number of aromatic nitrogens is 2. The summed E-state index contributed by atoms with van der Waals surface area (Å²) in [5.74, 6) is 0.865. The highest BCUT2D eigenvalue weighted by Gasteiger charge is 2.12. The number of para-hydroxylation sites is 1. The number of hydrogen-bond acceptors (Lipinski definition) is 2. The van der Waals surface area contributed by atoms with Crippen molar-refractivity contribution in [3.05, 3.63) is 53.9 Å². The van der Waals surface area contributed by atoms with Gasteiger partial charge in [0.1, 0.15) is 11.4 Å². The van der Waals surface area contributed by atoms with Crippen molar-refractivity contribution in [1.82, 2.24) is 9.38 Å². The zero-order valence-electron chi connectivity index (χ0n) is 11.3. The van der Waals surface area contributed by atoms with Gasteiger partial charge in [-0.15, -0.1) is 0 Å². The smallest absolute Gasteiger partial charge is 0.137 e. The Kier molecular flexibility index (Phi) is 2.75. The monoisotopic (exact) mass is 252 g/mol. The normalized spacial score (nSPS) is 10.9. The largest absolute Gasteiger partial charge is 0.496 e. The van der Waals surface area contributed by atoms with Crippen LogP contribution in [-0.4, -0.2) is 16.5 Å². The molecule has 3 aromatic rings. The van der Waals surface area contributed by atoms with Gasteiger partial charge >= 0.3 is 0 Å². The molecule has 0 aliphatic heterocycles. The van der Waals surface area contributed by atoms with Crippen molar-refractivity contribution in [3.8, 4) is 17.0 Å². The van der Waals surface area contributed by atoms with E-state index in [1.165, 1.54) is 11.3 Å². The number of benzene rings is 1. The van der Waals surface area contributed by atoms with Crippen LogP contribution in [0.4, 0.5) is 0 Å². The first-order chi connectivity index (χ1) is 9.20. The van der Waals surface area contributed by atoms with E-state index in [4.69, 9.17) is 4.74 Å². The minimum atomic E-state index is 0.865. The molecule has 0 saturated carbocycles. The van der Waals surface area contributed by atoms with E-state index in [0.29, 0.717) is 0 Å². The summed E-state index contributed by atoms with van der Waals surface area (Å²) < 4.78 is 7.60. The molecule has 0 fully saturated rings. The van der Waals surface area contributed by atoms with Crippen LogP contribution in [0.25, 0.3) is 16.9 Å². The number of methoxy groups -OCH3 is 1. The highest BCUT2D eigenvalue weighted by atomic mass is 16.5. The van der Waals surface area contributed by atoms with Crippen molar-refractivity contribution >= 4 is 5.65 Å². The third-order valence-electron chi connectivity index (χ3n) is 3.32. The number of fused-ring (bicyclic) bond motifs is 1. The summed E-state index contributed by atoms with van der Waals surface area (Å²) in [5, 5.41) is 0. The van der Waals surface area contributed by atoms with Gasteiger partial charge in [0.15, 0.2) is 0 Å². The fourth-order valence-corrected chi connectivity index (χ4v) is 2.52. The van der Waals surface area contributed by atoms with Crippen LogP contribution in [0.3, 0.4) is 0 Å². The summed E-state index contributed by atoms with van der Waals surface area (Å²) in [7, 11) is 1.69. The molecule has 0 atom stereocenters. The lowest BCUT2D eigenvalue weighted by Gasteiger charge is -2.10. The molecule has 0 aliphatic carbocycles. The van der Waals surface area contributed by atoms with Crippen LogP contribution in [0.15, 0.2) is 42.6 Å². The molecular weight excluding hydrogens is 236 g/mol. The van der Waals surface area contributed by atoms with E-state index in [-0.39, 0.29) is 0 Å². The van der Waals surface area contributed by atoms with Gasteiger partial charge in [0.05, 0.1) is 19.0 Å². The highest BCUT2D eigenvalue weighted by molar-refractivity contribution is 5.70. The average molecular weight is 252 g/mol. The second kappa shape index (κ2) is 4.43. The minimum absolute atomic E-state index is 0.865. The first kappa shape index (κ1) is 11.8. The lowest BCUT2D eigenvalue weighted by molar-refractivity contribution is 0.416. The summed E-state index contributed by atoms with van der Waals surface area (Å²) in [6.07, 6.45) is 1.90. The van der Waals surface area contributed by atoms with E-state index in [9.17, 15) is 0 Å². The van der Waals surface area contributed by atoms with Gasteiger partial charge in [0.2, 0.25) is 0 Å². The van der Waals surface area contributed by atoms with Gasteiger partial charge < -0.3 is 4.74 Å². The van der Waals surface area contributed by atoms with E-state index in [2.05, 4.69) is 41.4 Å². The van der Waals surface area contributed by atoms with E-state index >= 15 is 0 Å². The molecule has 3 nitrogen and oxygen atoms in total. The van der Waals surface area contributed by atoms with Gasteiger partial charge in [-0.05, 0) is 43.7 Å². The molecule has 0 spiro atoms. The Bertz CT molecular complexity index is 744. The zero-order valence-corrected chi connectivity index (χ0v) is 11.3. The van der Waals surface area contributed by atoms with Crippen LogP contribution in [0.1, 0.15) is 11.3 Å². The van der Waals surface area contributed by atoms with Crippen molar-refractivity contribution in [2.45, 2.75) is 13.8 Å². The SMILES string of the molecule is COc1ccccc1-c1cnc2cc(C)cc(C)n12. The van der Waals surface area contributed by atoms with Crippen LogP contribution < -0.4 is 4.74 Å². The maximum atomic E-state index is 5.44. The fourth-order valence-electron chi connectivity index (χ4n) is 2.52. The molecule has 3 heteroatoms. The molecule has 0 radical (unpaired) electrons. The topological polar surface area (TPSA) is 26.5 Å². The molecule has 0 amide bonds. The highest BCUT2D eigenvalue weighted by Crippen LogP contribution is 2.30. The summed E-state index contributed by atoms with van der Waals surface area (Å²) in [4.78, 5) is 4.50. The maximum absolute atomic E-state index is 5.44. The van der Waals surface area contributed by atoms with Crippen molar-refractivity contribution in [2.75, 3.05) is 7.11 Å². The fraction of sp³-hybridized carbons (Fsp3) is 0.188. The summed E-state index contributed by atoms with van der Waals surface area (Å²) in [6.45, 7) is 4.19. The van der Waals surface area contributed by atoms with Crippen LogP contribution in [0.5, 0.6) is 5.75 Å². The second-order valence-electron chi connectivity index (χ2n) is 4.71. The molecular formula is C16H16N2O. The Morgan fingerprint density at radius 3 is 2.68 bits per heavy atom. The van der Waals surface area contributed by atoms with Crippen molar-refractivity contribution in [1.29, 1.82) is 0 Å². The number of hydrogen-bond donors (Lipinski definition) is 0. The van der Waals surface area contributed by atoms with Gasteiger partial charge in [-0.2, -0.15) is 0 Å². The molecule has 3 rings (SSSR count). The second-order valence-corrected chi connectivity index (χ2v) is 4.71. The minimum Gasteiger partial charge on any atom is -0.496 e. The Morgan fingerprint density at radius 2 is 1.89 bits per heavy atom. The summed E-state index contributed by atoms with van der Waals surface area (Å²) in [5.41, 5.74) is 5.49. The third kappa shape index (κ3) is 1.87. The summed E-state index contributed by atoms with van der Waals surface area (Å²) >= 11 is 0. The number of pyridine rings is 1. The van der Waals surface area contributed by atoms with Gasteiger partial charge in [0.25, 0.3) is 0 Å². The lowest BCUT2D eigenvalue weighted by Crippen LogP contribution is -1.96. The standard InChI is InChI=1S/C16H16N2O/c1-11-8-12(2)18-14(10-17-16(18)9-11)13-6-4-5-7-15(13)19-3/h4-10H,1-3H3. The van der Waals surface area contributed by atoms with Gasteiger partial charge in [-0.25, -0.2) is 4.98 Å². The molecule has 0 bridgehead atoms. The molecule has 96 valence electrons. The van der Waals surface area contributed by atoms with Crippen molar-refractivity contribution < 1.29 is 4.74 Å². The number of nitrogens with zero attached hydrogens (tertiary/aromatic N) is 2. The number of ether oxygens (including phenoxy) is 1. The number of aryl methyl sites for hydroxylation is 2. The lowest BCUT2D eigenvalue weighted by atomic mass is 10.1. The van der Waals surface area contributed by atoms with E-state index < -0.39 is 0 Å². The first-order valence-electron chi connectivity index (χ1n) is 6.29. The third-order valence-corrected chi connectivity index (χ3v) is 3.32. The quantitative estimate of drug-likeness (QED) is 0.696. The molecule has 2 aromatic heterocycles. The number of rotatable bonds is 2. The van der Waals surface area contributed by atoms with Crippen LogP contribution in [0, 0.1) is 13.8 Å². The Hall–Kier alpha value is -2.29. The molecule has 2 heterocycles. The predicted molar refractivity (Wildman–Crippen MR) is 76.7 cm³/mol. The van der Waals surface area contributed by atoms with Gasteiger partial charge in [-0.1, -0.05) is 12.1 Å². The molecule has 19 heavy (non-hydrogen) atoms. The molecule has 0 saturated heterocycles. The van der Waals surface area contributed by atoms with Crippen LogP contribution in [-0.2, 0) is 0 Å². The molecule has 1 aromatic carbocycles. The average Bonchev–Trinajstić information content (AvgIpc) is 2.82. The van der Waals surface area contributed by atoms with E-state index in [1.807, 2.05) is 24.4 Å². The van der Waals surface area contributed by atoms with E-state index in [0.717, 1.165) is 22.7 Å². The van der Waals surface area contributed by atoms with Crippen molar-refractivity contribution in [3.63, 3.8) is 0 Å².